The summed E-state index contributed by atoms with van der Waals surface area (Å²) in [5.74, 6) is 0. The van der Waals surface area contributed by atoms with Crippen molar-refractivity contribution in [3.8, 4) is 0 Å². The first-order valence-corrected chi connectivity index (χ1v) is 3.93. The minimum atomic E-state index is -0.306. The zero-order valence-electron chi connectivity index (χ0n) is 1.71. The van der Waals surface area contributed by atoms with Crippen LogP contribution in [0.3, 0.4) is 0 Å². The Hall–Kier alpha value is 1.30. The molecule has 0 aromatic rings. The molecule has 0 unspecified atom stereocenters. The van der Waals surface area contributed by atoms with Crippen molar-refractivity contribution >= 4 is 29.8 Å². The highest BCUT2D eigenvalue weighted by Crippen LogP contribution is 2.19. The second kappa shape index (κ2) is 8.85. The van der Waals surface area contributed by atoms with Crippen LogP contribution in [0.1, 0.15) is 0 Å². The maximum absolute atomic E-state index is 4.85. The topological polar surface area (TPSA) is 0 Å². The fourth-order valence-corrected chi connectivity index (χ4v) is 0. The minimum absolute atomic E-state index is 0. The van der Waals surface area contributed by atoms with Crippen LogP contribution in [-0.2, 0) is 0 Å². The number of rotatable bonds is 0. The van der Waals surface area contributed by atoms with Gasteiger partial charge in [0.25, 0.3) is 0 Å². The molecule has 0 rings (SSSR count). The van der Waals surface area contributed by atoms with Crippen LogP contribution in [0.5, 0.6) is 0 Å². The second-order valence-electron chi connectivity index (χ2n) is 0.0825. The summed E-state index contributed by atoms with van der Waals surface area (Å²) in [4.78, 5) is 0. The first kappa shape index (κ1) is 9.00. The lowest BCUT2D eigenvalue weighted by Gasteiger charge is -1.27. The molecule has 0 saturated carbocycles. The van der Waals surface area contributed by atoms with Crippen molar-refractivity contribution in [1.82, 2.24) is 0 Å². The summed E-state index contributed by atoms with van der Waals surface area (Å²) in [5.41, 5.74) is 0. The fourth-order valence-electron chi connectivity index (χ4n) is 0. The third-order valence-electron chi connectivity index (χ3n) is 0. The molecule has 0 aliphatic carbocycles. The van der Waals surface area contributed by atoms with Gasteiger partial charge in [0.1, 0.15) is 22.5 Å². The predicted molar refractivity (Wildman–Crippen MR) is 21.4 cm³/mol. The first-order valence-electron chi connectivity index (χ1n) is 0.436. The van der Waals surface area contributed by atoms with Crippen LogP contribution >= 0.6 is 29.8 Å². The molecule has 0 fully saturated rings. The Labute approximate surface area is 42.6 Å². The molecule has 0 aromatic heterocycles. The summed E-state index contributed by atoms with van der Waals surface area (Å²) in [6.45, 7) is 0. The van der Waals surface area contributed by atoms with Gasteiger partial charge < -0.3 is 12.4 Å². The Kier molecular flexibility index (Phi) is 19.9. The van der Waals surface area contributed by atoms with Gasteiger partial charge in [0.2, 0.25) is 0 Å². The van der Waals surface area contributed by atoms with Gasteiger partial charge in [0.05, 0.1) is 0 Å². The summed E-state index contributed by atoms with van der Waals surface area (Å²) in [6, 6.07) is 0. The molecule has 0 spiro atoms. The van der Waals surface area contributed by atoms with Crippen molar-refractivity contribution in [2.24, 2.45) is 0 Å². The van der Waals surface area contributed by atoms with Crippen molar-refractivity contribution in [3.05, 3.63) is 0 Å². The largest absolute Gasteiger partial charge is 1.00 e. The summed E-state index contributed by atoms with van der Waals surface area (Å²) < 4.78 is 0. The van der Waals surface area contributed by atoms with Crippen LogP contribution in [0.2, 0.25) is 0 Å². The molecule has 0 N–H and O–H groups in total. The van der Waals surface area contributed by atoms with Crippen LogP contribution in [0, 0.1) is 0 Å². The van der Waals surface area contributed by atoms with Crippen LogP contribution in [0.25, 0.3) is 0 Å². The zero-order chi connectivity index (χ0) is 2.71. The zero-order valence-corrected chi connectivity index (χ0v) is 5.13. The quantitative estimate of drug-likeness (QED) is 0.366. The van der Waals surface area contributed by atoms with E-state index in [1.165, 1.54) is 0 Å². The predicted octanol–water partition coefficient (Wildman–Crippen LogP) is -1.29. The van der Waals surface area contributed by atoms with Crippen molar-refractivity contribution in [3.63, 3.8) is 0 Å². The Morgan fingerprint density at radius 1 is 1.25 bits per heavy atom. The van der Waals surface area contributed by atoms with Gasteiger partial charge in [-0.25, -0.2) is 0 Å². The first-order chi connectivity index (χ1) is 1.41. The number of halogens is 3. The lowest BCUT2D eigenvalue weighted by molar-refractivity contribution is -0.000000408. The van der Waals surface area contributed by atoms with E-state index in [4.69, 9.17) is 22.5 Å². The molecule has 4 heavy (non-hydrogen) atoms. The molecule has 0 aliphatic heterocycles. The van der Waals surface area contributed by atoms with E-state index in [0.29, 0.717) is 0 Å². The summed E-state index contributed by atoms with van der Waals surface area (Å²) in [6.07, 6.45) is 0. The molecule has 0 atom stereocenters. The molecule has 0 amide bonds. The monoisotopic (exact) mass is 138 g/mol. The molecule has 28 valence electrons. The van der Waals surface area contributed by atoms with E-state index in [9.17, 15) is 0 Å². The smallest absolute Gasteiger partial charge is 0.186 e. The maximum atomic E-state index is 4.85. The van der Waals surface area contributed by atoms with Crippen LogP contribution in [0.15, 0.2) is 0 Å². The van der Waals surface area contributed by atoms with Crippen LogP contribution in [-0.4, -0.2) is 0 Å². The molecule has 0 aromatic carbocycles. The van der Waals surface area contributed by atoms with E-state index in [2.05, 4.69) is 0 Å². The standard InChI is InChI=1S/Cl2HP.ClH/c1-3-2;/h3H;1H. The third kappa shape index (κ3) is 10.3. The van der Waals surface area contributed by atoms with Crippen LogP contribution in [0.4, 0.5) is 0 Å². The van der Waals surface area contributed by atoms with Crippen molar-refractivity contribution in [2.45, 2.75) is 0 Å². The number of hydrogen-bond acceptors (Lipinski definition) is 0. The minimum Gasteiger partial charge on any atom is -1.00 e. The highest BCUT2D eigenvalue weighted by atomic mass is 35.9. The fraction of sp³-hybridized carbons (Fsp3) is 0. The van der Waals surface area contributed by atoms with E-state index in [1.54, 1.807) is 0 Å². The van der Waals surface area contributed by atoms with Gasteiger partial charge in [0, 0.05) is 0 Å². The average Bonchev–Trinajstić information content (AvgIpc) is 0.918. The van der Waals surface area contributed by atoms with E-state index >= 15 is 0 Å². The molecule has 0 saturated heterocycles. The van der Waals surface area contributed by atoms with Crippen molar-refractivity contribution in [2.75, 3.05) is 0 Å². The molecule has 0 radical (unpaired) electrons. The van der Waals surface area contributed by atoms with Gasteiger partial charge in [-0.05, 0) is 0 Å². The molecule has 0 aliphatic rings. The van der Waals surface area contributed by atoms with Gasteiger partial charge in [-0.15, -0.1) is 0 Å². The highest BCUT2D eigenvalue weighted by Gasteiger charge is 1.56. The van der Waals surface area contributed by atoms with Gasteiger partial charge in [-0.1, -0.05) is 0 Å². The average molecular weight is 139 g/mol. The SMILES string of the molecule is Cl[PH2+]Cl.[Cl-]. The van der Waals surface area contributed by atoms with E-state index in [1.807, 2.05) is 0 Å². The molecular formula is H2Cl3P. The van der Waals surface area contributed by atoms with Gasteiger partial charge in [-0.2, -0.15) is 0 Å². The Morgan fingerprint density at radius 3 is 1.25 bits per heavy atom. The summed E-state index contributed by atoms with van der Waals surface area (Å²) >= 11 is 9.69. The Morgan fingerprint density at radius 2 is 1.25 bits per heavy atom. The van der Waals surface area contributed by atoms with Gasteiger partial charge in [0.15, 0.2) is 7.29 Å². The third-order valence-corrected chi connectivity index (χ3v) is 0. The lowest BCUT2D eigenvalue weighted by Crippen LogP contribution is -3.00. The molecule has 0 nitrogen and oxygen atoms in total. The second-order valence-corrected chi connectivity index (χ2v) is 2.23. The van der Waals surface area contributed by atoms with E-state index < -0.39 is 0 Å². The van der Waals surface area contributed by atoms with Crippen molar-refractivity contribution < 1.29 is 12.4 Å². The number of hydrogen-bond donors (Lipinski definition) is 0. The summed E-state index contributed by atoms with van der Waals surface area (Å²) in [5, 5.41) is 0. The van der Waals surface area contributed by atoms with Gasteiger partial charge >= 0.3 is 0 Å². The summed E-state index contributed by atoms with van der Waals surface area (Å²) in [7, 11) is -0.306. The molecule has 0 bridgehead atoms. The molecular weight excluding hydrogens is 137 g/mol. The van der Waals surface area contributed by atoms with Crippen LogP contribution < -0.4 is 12.4 Å². The maximum Gasteiger partial charge on any atom is 0.186 e. The van der Waals surface area contributed by atoms with E-state index in [0.717, 1.165) is 0 Å². The Bertz CT molecular complexity index is 3.25. The van der Waals surface area contributed by atoms with E-state index in [-0.39, 0.29) is 19.7 Å². The molecule has 4 heteroatoms. The molecule has 0 heterocycles. The van der Waals surface area contributed by atoms with Crippen molar-refractivity contribution in [1.29, 1.82) is 0 Å². The Balaban J connectivity index is 0. The highest BCUT2D eigenvalue weighted by molar-refractivity contribution is 7.90. The lowest BCUT2D eigenvalue weighted by atomic mass is 30.6. The van der Waals surface area contributed by atoms with Gasteiger partial charge in [-0.3, -0.25) is 0 Å². The normalized spacial score (nSPS) is 4.50.